The molecular weight excluding hydrogens is 292 g/mol. The van der Waals surface area contributed by atoms with Crippen LogP contribution in [0.25, 0.3) is 0 Å². The average Bonchev–Trinajstić information content (AvgIpc) is 2.76. The van der Waals surface area contributed by atoms with E-state index in [2.05, 4.69) is 5.10 Å². The van der Waals surface area contributed by atoms with E-state index in [1.807, 2.05) is 0 Å². The number of sulfone groups is 1. The Balaban J connectivity index is 2.51. The van der Waals surface area contributed by atoms with Crippen LogP contribution in [0.3, 0.4) is 0 Å². The Labute approximate surface area is 123 Å². The van der Waals surface area contributed by atoms with Crippen molar-refractivity contribution in [1.29, 1.82) is 0 Å². The smallest absolute Gasteiger partial charge is 0.335 e. The fourth-order valence-corrected chi connectivity index (χ4v) is 3.79. The van der Waals surface area contributed by atoms with Gasteiger partial charge in [-0.05, 0) is 37.1 Å². The summed E-state index contributed by atoms with van der Waals surface area (Å²) in [5, 5.41) is 13.0. The third kappa shape index (κ3) is 3.13. The SMILES string of the molecule is Cc1cc(C(=O)O)cc(S(=O)(=O)Cc2cnn(C)c2)c1C. The molecule has 0 amide bonds. The summed E-state index contributed by atoms with van der Waals surface area (Å²) in [6.45, 7) is 3.38. The van der Waals surface area contributed by atoms with Crippen molar-refractivity contribution in [3.8, 4) is 0 Å². The van der Waals surface area contributed by atoms with Gasteiger partial charge in [-0.3, -0.25) is 4.68 Å². The Morgan fingerprint density at radius 1 is 1.33 bits per heavy atom. The third-order valence-corrected chi connectivity index (χ3v) is 5.12. The quantitative estimate of drug-likeness (QED) is 0.928. The van der Waals surface area contributed by atoms with E-state index < -0.39 is 15.8 Å². The number of nitrogens with zero attached hydrogens (tertiary/aromatic N) is 2. The Kier molecular flexibility index (Phi) is 3.87. The first-order valence-electron chi connectivity index (χ1n) is 6.25. The second-order valence-electron chi connectivity index (χ2n) is 5.00. The summed E-state index contributed by atoms with van der Waals surface area (Å²) in [6.07, 6.45) is 3.11. The number of carboxylic acids is 1. The zero-order valence-corrected chi connectivity index (χ0v) is 12.8. The maximum absolute atomic E-state index is 12.5. The van der Waals surface area contributed by atoms with Crippen LogP contribution in [0.5, 0.6) is 0 Å². The predicted molar refractivity (Wildman–Crippen MR) is 77.0 cm³/mol. The number of aromatic carboxylic acids is 1. The summed E-state index contributed by atoms with van der Waals surface area (Å²) in [6, 6.07) is 2.69. The molecule has 0 aliphatic carbocycles. The van der Waals surface area contributed by atoms with Gasteiger partial charge in [0.1, 0.15) is 0 Å². The van der Waals surface area contributed by atoms with Crippen LogP contribution in [0.4, 0.5) is 0 Å². The molecule has 0 fully saturated rings. The zero-order chi connectivity index (χ0) is 15.8. The van der Waals surface area contributed by atoms with Crippen LogP contribution in [0, 0.1) is 13.8 Å². The van der Waals surface area contributed by atoms with E-state index in [9.17, 15) is 13.2 Å². The van der Waals surface area contributed by atoms with Gasteiger partial charge in [-0.2, -0.15) is 5.10 Å². The second kappa shape index (κ2) is 5.33. The van der Waals surface area contributed by atoms with Crippen LogP contribution in [0.1, 0.15) is 27.0 Å². The highest BCUT2D eigenvalue weighted by Crippen LogP contribution is 2.24. The highest BCUT2D eigenvalue weighted by Gasteiger charge is 2.22. The van der Waals surface area contributed by atoms with E-state index in [4.69, 9.17) is 5.11 Å². The number of rotatable bonds is 4. The summed E-state index contributed by atoms with van der Waals surface area (Å²) in [5.41, 5.74) is 1.75. The van der Waals surface area contributed by atoms with Crippen LogP contribution in [-0.4, -0.2) is 29.3 Å². The lowest BCUT2D eigenvalue weighted by Crippen LogP contribution is -2.10. The van der Waals surface area contributed by atoms with E-state index in [1.54, 1.807) is 27.1 Å². The van der Waals surface area contributed by atoms with Gasteiger partial charge in [0.25, 0.3) is 0 Å². The molecule has 0 radical (unpaired) electrons. The Morgan fingerprint density at radius 3 is 2.52 bits per heavy atom. The topological polar surface area (TPSA) is 89.3 Å². The van der Waals surface area contributed by atoms with Gasteiger partial charge >= 0.3 is 5.97 Å². The molecule has 1 heterocycles. The van der Waals surface area contributed by atoms with Crippen molar-refractivity contribution >= 4 is 15.8 Å². The molecule has 21 heavy (non-hydrogen) atoms. The lowest BCUT2D eigenvalue weighted by atomic mass is 10.1. The van der Waals surface area contributed by atoms with E-state index in [0.29, 0.717) is 16.7 Å². The predicted octanol–water partition coefficient (Wildman–Crippen LogP) is 1.71. The minimum atomic E-state index is -3.63. The summed E-state index contributed by atoms with van der Waals surface area (Å²) in [4.78, 5) is 11.2. The molecule has 0 unspecified atom stereocenters. The van der Waals surface area contributed by atoms with Crippen LogP contribution in [-0.2, 0) is 22.6 Å². The fourth-order valence-electron chi connectivity index (χ4n) is 2.12. The summed E-state index contributed by atoms with van der Waals surface area (Å²) in [7, 11) is -1.92. The van der Waals surface area contributed by atoms with E-state index in [-0.39, 0.29) is 16.2 Å². The third-order valence-electron chi connectivity index (χ3n) is 3.32. The van der Waals surface area contributed by atoms with Gasteiger partial charge in [0.05, 0.1) is 22.4 Å². The highest BCUT2D eigenvalue weighted by atomic mass is 32.2. The first-order valence-corrected chi connectivity index (χ1v) is 7.91. The number of aromatic nitrogens is 2. The Hall–Kier alpha value is -2.15. The van der Waals surface area contributed by atoms with Gasteiger partial charge in [-0.15, -0.1) is 0 Å². The number of hydrogen-bond acceptors (Lipinski definition) is 4. The summed E-state index contributed by atoms with van der Waals surface area (Å²) >= 11 is 0. The summed E-state index contributed by atoms with van der Waals surface area (Å²) < 4.78 is 26.6. The molecular formula is C14H16N2O4S. The molecule has 1 aromatic carbocycles. The van der Waals surface area contributed by atoms with Gasteiger partial charge in [0.2, 0.25) is 0 Å². The molecule has 0 aliphatic heterocycles. The van der Waals surface area contributed by atoms with E-state index in [1.165, 1.54) is 23.0 Å². The maximum Gasteiger partial charge on any atom is 0.335 e. The molecule has 112 valence electrons. The zero-order valence-electron chi connectivity index (χ0n) is 12.0. The van der Waals surface area contributed by atoms with E-state index in [0.717, 1.165) is 0 Å². The van der Waals surface area contributed by atoms with Crippen molar-refractivity contribution in [2.75, 3.05) is 0 Å². The molecule has 6 nitrogen and oxygen atoms in total. The molecule has 0 atom stereocenters. The van der Waals surface area contributed by atoms with Crippen molar-refractivity contribution in [3.63, 3.8) is 0 Å². The Bertz CT molecular complexity index is 806. The van der Waals surface area contributed by atoms with Crippen LogP contribution in [0.2, 0.25) is 0 Å². The maximum atomic E-state index is 12.5. The number of hydrogen-bond donors (Lipinski definition) is 1. The molecule has 0 saturated carbocycles. The number of aryl methyl sites for hydroxylation is 2. The standard InChI is InChI=1S/C14H16N2O4S/c1-9-4-12(14(17)18)5-13(10(9)2)21(19,20)8-11-6-15-16(3)7-11/h4-7H,8H2,1-3H3,(H,17,18). The van der Waals surface area contributed by atoms with Gasteiger partial charge in [-0.25, -0.2) is 13.2 Å². The van der Waals surface area contributed by atoms with Crippen LogP contribution >= 0.6 is 0 Å². The van der Waals surface area contributed by atoms with Crippen molar-refractivity contribution < 1.29 is 18.3 Å². The lowest BCUT2D eigenvalue weighted by molar-refractivity contribution is 0.0696. The van der Waals surface area contributed by atoms with Crippen LogP contribution in [0.15, 0.2) is 29.4 Å². The number of carboxylic acid groups (broad SMARTS) is 1. The lowest BCUT2D eigenvalue weighted by Gasteiger charge is -2.11. The van der Waals surface area contributed by atoms with Crippen molar-refractivity contribution in [2.24, 2.45) is 7.05 Å². The second-order valence-corrected chi connectivity index (χ2v) is 6.96. The minimum absolute atomic E-state index is 0.0251. The highest BCUT2D eigenvalue weighted by molar-refractivity contribution is 7.90. The first-order chi connectivity index (χ1) is 9.70. The largest absolute Gasteiger partial charge is 0.478 e. The molecule has 2 aromatic rings. The number of carbonyl (C=O) groups is 1. The molecule has 1 N–H and O–H groups in total. The molecule has 7 heteroatoms. The Morgan fingerprint density at radius 2 is 2.00 bits per heavy atom. The molecule has 1 aromatic heterocycles. The number of benzene rings is 1. The molecule has 0 saturated heterocycles. The van der Waals surface area contributed by atoms with Gasteiger partial charge in [0.15, 0.2) is 9.84 Å². The van der Waals surface area contributed by atoms with Crippen LogP contribution < -0.4 is 0 Å². The monoisotopic (exact) mass is 308 g/mol. The minimum Gasteiger partial charge on any atom is -0.478 e. The van der Waals surface area contributed by atoms with Gasteiger partial charge in [-0.1, -0.05) is 0 Å². The van der Waals surface area contributed by atoms with Gasteiger partial charge < -0.3 is 5.11 Å². The molecule has 0 spiro atoms. The fraction of sp³-hybridized carbons (Fsp3) is 0.286. The molecule has 0 aliphatic rings. The first kappa shape index (κ1) is 15.2. The van der Waals surface area contributed by atoms with Crippen molar-refractivity contribution in [1.82, 2.24) is 9.78 Å². The molecule has 2 rings (SSSR count). The van der Waals surface area contributed by atoms with Crippen molar-refractivity contribution in [3.05, 3.63) is 46.8 Å². The normalized spacial score (nSPS) is 11.6. The summed E-state index contributed by atoms with van der Waals surface area (Å²) in [5.74, 6) is -1.35. The molecule has 0 bridgehead atoms. The van der Waals surface area contributed by atoms with E-state index >= 15 is 0 Å². The average molecular weight is 308 g/mol. The van der Waals surface area contributed by atoms with Crippen molar-refractivity contribution in [2.45, 2.75) is 24.5 Å². The van der Waals surface area contributed by atoms with Gasteiger partial charge in [0, 0.05) is 18.8 Å².